The van der Waals surface area contributed by atoms with Crippen LogP contribution in [-0.4, -0.2) is 38.3 Å². The topological polar surface area (TPSA) is 38.5 Å². The van der Waals surface area contributed by atoms with Crippen LogP contribution in [0.4, 0.5) is 0 Å². The van der Waals surface area contributed by atoms with E-state index in [1.54, 1.807) is 7.11 Å². The van der Waals surface area contributed by atoms with Crippen molar-refractivity contribution in [2.24, 2.45) is 11.7 Å². The summed E-state index contributed by atoms with van der Waals surface area (Å²) < 4.78 is 5.23. The highest BCUT2D eigenvalue weighted by Gasteiger charge is 2.21. The summed E-state index contributed by atoms with van der Waals surface area (Å²) in [7, 11) is 1.78. The number of ether oxygens (including phenoxy) is 1. The van der Waals surface area contributed by atoms with Crippen molar-refractivity contribution >= 4 is 0 Å². The van der Waals surface area contributed by atoms with Crippen molar-refractivity contribution in [2.75, 3.05) is 33.4 Å². The SMILES string of the molecule is COCC1CCN(Cc2cccc(C#CCN)c2)C1. The van der Waals surface area contributed by atoms with Crippen molar-refractivity contribution in [3.05, 3.63) is 35.4 Å². The summed E-state index contributed by atoms with van der Waals surface area (Å²) in [6, 6.07) is 8.42. The maximum Gasteiger partial charge on any atom is 0.0555 e. The molecular weight excluding hydrogens is 236 g/mol. The molecule has 1 aliphatic rings. The number of nitrogens with two attached hydrogens (primary N) is 1. The van der Waals surface area contributed by atoms with Gasteiger partial charge in [0.25, 0.3) is 0 Å². The summed E-state index contributed by atoms with van der Waals surface area (Å²) in [4.78, 5) is 2.49. The molecule has 1 atom stereocenters. The Kier molecular flexibility index (Phi) is 5.41. The molecule has 1 heterocycles. The van der Waals surface area contributed by atoms with Crippen molar-refractivity contribution in [1.29, 1.82) is 0 Å². The first-order valence-corrected chi connectivity index (χ1v) is 6.81. The van der Waals surface area contributed by atoms with Gasteiger partial charge >= 0.3 is 0 Å². The molecule has 1 saturated heterocycles. The van der Waals surface area contributed by atoms with Crippen molar-refractivity contribution in [2.45, 2.75) is 13.0 Å². The lowest BCUT2D eigenvalue weighted by Crippen LogP contribution is -2.21. The number of nitrogens with zero attached hydrogens (tertiary/aromatic N) is 1. The largest absolute Gasteiger partial charge is 0.384 e. The van der Waals surface area contributed by atoms with Gasteiger partial charge in [-0.05, 0) is 36.6 Å². The molecule has 1 fully saturated rings. The number of rotatable bonds is 4. The van der Waals surface area contributed by atoms with Crippen LogP contribution in [-0.2, 0) is 11.3 Å². The highest BCUT2D eigenvalue weighted by Crippen LogP contribution is 2.19. The van der Waals surface area contributed by atoms with E-state index in [0.717, 1.165) is 31.8 Å². The van der Waals surface area contributed by atoms with Gasteiger partial charge < -0.3 is 10.5 Å². The molecule has 2 rings (SSSR count). The molecule has 19 heavy (non-hydrogen) atoms. The highest BCUT2D eigenvalue weighted by atomic mass is 16.5. The fourth-order valence-electron chi connectivity index (χ4n) is 2.59. The number of benzene rings is 1. The molecule has 0 bridgehead atoms. The van der Waals surface area contributed by atoms with E-state index in [1.807, 2.05) is 6.07 Å². The smallest absolute Gasteiger partial charge is 0.0555 e. The Labute approximate surface area is 115 Å². The maximum absolute atomic E-state index is 5.40. The van der Waals surface area contributed by atoms with Gasteiger partial charge in [-0.25, -0.2) is 0 Å². The molecule has 2 N–H and O–H groups in total. The maximum atomic E-state index is 5.40. The van der Waals surface area contributed by atoms with Crippen LogP contribution in [0.25, 0.3) is 0 Å². The monoisotopic (exact) mass is 258 g/mol. The lowest BCUT2D eigenvalue weighted by Gasteiger charge is -2.16. The minimum absolute atomic E-state index is 0.412. The predicted molar refractivity (Wildman–Crippen MR) is 77.6 cm³/mol. The molecular formula is C16H22N2O. The summed E-state index contributed by atoms with van der Waals surface area (Å²) in [5.74, 6) is 6.67. The second kappa shape index (κ2) is 7.30. The van der Waals surface area contributed by atoms with Gasteiger partial charge in [0.1, 0.15) is 0 Å². The molecule has 3 nitrogen and oxygen atoms in total. The summed E-state index contributed by atoms with van der Waals surface area (Å²) in [6.07, 6.45) is 1.24. The number of likely N-dealkylation sites (tertiary alicyclic amines) is 1. The third-order valence-corrected chi connectivity index (χ3v) is 3.44. The van der Waals surface area contributed by atoms with E-state index < -0.39 is 0 Å². The number of hydrogen-bond donors (Lipinski definition) is 1. The average Bonchev–Trinajstić information content (AvgIpc) is 2.85. The van der Waals surface area contributed by atoms with E-state index in [2.05, 4.69) is 34.9 Å². The van der Waals surface area contributed by atoms with E-state index in [1.165, 1.54) is 12.0 Å². The Morgan fingerprint density at radius 2 is 2.37 bits per heavy atom. The highest BCUT2D eigenvalue weighted by molar-refractivity contribution is 5.37. The van der Waals surface area contributed by atoms with Crippen LogP contribution in [0.5, 0.6) is 0 Å². The predicted octanol–water partition coefficient (Wildman–Crippen LogP) is 1.47. The van der Waals surface area contributed by atoms with E-state index in [9.17, 15) is 0 Å². The van der Waals surface area contributed by atoms with Gasteiger partial charge in [0.05, 0.1) is 13.2 Å². The first-order valence-electron chi connectivity index (χ1n) is 6.81. The Hall–Kier alpha value is -1.34. The van der Waals surface area contributed by atoms with E-state index in [0.29, 0.717) is 12.5 Å². The van der Waals surface area contributed by atoms with Crippen LogP contribution >= 0.6 is 0 Å². The summed E-state index contributed by atoms with van der Waals surface area (Å²) in [6.45, 7) is 4.57. The van der Waals surface area contributed by atoms with Crippen LogP contribution in [0.3, 0.4) is 0 Å². The second-order valence-corrected chi connectivity index (χ2v) is 5.05. The van der Waals surface area contributed by atoms with E-state index in [4.69, 9.17) is 10.5 Å². The molecule has 0 amide bonds. The van der Waals surface area contributed by atoms with Gasteiger partial charge in [-0.3, -0.25) is 4.90 Å². The van der Waals surface area contributed by atoms with Crippen molar-refractivity contribution in [3.8, 4) is 11.8 Å². The fourth-order valence-corrected chi connectivity index (χ4v) is 2.59. The quantitative estimate of drug-likeness (QED) is 0.831. The Morgan fingerprint density at radius 3 is 3.16 bits per heavy atom. The van der Waals surface area contributed by atoms with Gasteiger partial charge in [-0.15, -0.1) is 0 Å². The lowest BCUT2D eigenvalue weighted by atomic mass is 10.1. The van der Waals surface area contributed by atoms with Crippen molar-refractivity contribution in [3.63, 3.8) is 0 Å². The third-order valence-electron chi connectivity index (χ3n) is 3.44. The molecule has 0 aromatic heterocycles. The van der Waals surface area contributed by atoms with Gasteiger partial charge in [0, 0.05) is 25.8 Å². The van der Waals surface area contributed by atoms with Crippen LogP contribution in [0.15, 0.2) is 24.3 Å². The molecule has 1 aliphatic heterocycles. The fraction of sp³-hybridized carbons (Fsp3) is 0.500. The third kappa shape index (κ3) is 4.36. The van der Waals surface area contributed by atoms with Crippen LogP contribution < -0.4 is 5.73 Å². The number of hydrogen-bond acceptors (Lipinski definition) is 3. The molecule has 1 unspecified atom stereocenters. The zero-order valence-corrected chi connectivity index (χ0v) is 11.6. The average molecular weight is 258 g/mol. The van der Waals surface area contributed by atoms with E-state index >= 15 is 0 Å². The summed E-state index contributed by atoms with van der Waals surface area (Å²) in [5, 5.41) is 0. The van der Waals surface area contributed by atoms with Crippen LogP contribution in [0, 0.1) is 17.8 Å². The zero-order chi connectivity index (χ0) is 13.5. The van der Waals surface area contributed by atoms with Crippen molar-refractivity contribution in [1.82, 2.24) is 4.90 Å². The Bertz CT molecular complexity index is 461. The van der Waals surface area contributed by atoms with Crippen LogP contribution in [0.1, 0.15) is 17.5 Å². The summed E-state index contributed by atoms with van der Waals surface area (Å²) in [5.41, 5.74) is 7.77. The minimum Gasteiger partial charge on any atom is -0.384 e. The molecule has 1 aromatic carbocycles. The van der Waals surface area contributed by atoms with Crippen molar-refractivity contribution < 1.29 is 4.74 Å². The molecule has 1 aromatic rings. The lowest BCUT2D eigenvalue weighted by molar-refractivity contribution is 0.152. The summed E-state index contributed by atoms with van der Waals surface area (Å²) >= 11 is 0. The standard InChI is InChI=1S/C16H22N2O/c1-19-13-16-7-9-18(12-16)11-15-5-2-4-14(10-15)6-3-8-17/h2,4-5,10,16H,7-9,11-13,17H2,1H3. The van der Waals surface area contributed by atoms with Gasteiger partial charge in [-0.2, -0.15) is 0 Å². The van der Waals surface area contributed by atoms with Crippen LogP contribution in [0.2, 0.25) is 0 Å². The van der Waals surface area contributed by atoms with Gasteiger partial charge in [-0.1, -0.05) is 24.0 Å². The first kappa shape index (κ1) is 14.1. The van der Waals surface area contributed by atoms with Gasteiger partial charge in [0.2, 0.25) is 0 Å². The molecule has 0 radical (unpaired) electrons. The molecule has 102 valence electrons. The molecule has 0 saturated carbocycles. The number of methoxy groups -OCH3 is 1. The first-order chi connectivity index (χ1) is 9.31. The minimum atomic E-state index is 0.412. The Balaban J connectivity index is 1.92. The van der Waals surface area contributed by atoms with E-state index in [-0.39, 0.29) is 0 Å². The zero-order valence-electron chi connectivity index (χ0n) is 11.6. The molecule has 3 heteroatoms. The van der Waals surface area contributed by atoms with Gasteiger partial charge in [0.15, 0.2) is 0 Å². The molecule has 0 spiro atoms. The Morgan fingerprint density at radius 1 is 1.47 bits per heavy atom. The normalized spacial score (nSPS) is 19.2. The molecule has 0 aliphatic carbocycles. The second-order valence-electron chi connectivity index (χ2n) is 5.05.